The van der Waals surface area contributed by atoms with Crippen LogP contribution in [0.3, 0.4) is 0 Å². The topological polar surface area (TPSA) is 21.3 Å². The molecule has 0 aromatic heterocycles. The summed E-state index contributed by atoms with van der Waals surface area (Å²) in [6, 6.07) is 5.01. The number of likely N-dealkylation sites (N-methyl/N-ethyl adjacent to an activating group) is 1. The average Bonchev–Trinajstić information content (AvgIpc) is 2.36. The summed E-state index contributed by atoms with van der Waals surface area (Å²) in [7, 11) is 1.73. The molecule has 2 atom stereocenters. The Labute approximate surface area is 110 Å². The standard InChI is InChI=1S/C15H24FNO/c1-6-15(4,18-5)14(17-7-2)13-9-8-12(16)10-11(13)3/h8-10,14,17H,6-7H2,1-5H3. The highest BCUT2D eigenvalue weighted by molar-refractivity contribution is 5.31. The van der Waals surface area contributed by atoms with E-state index in [4.69, 9.17) is 4.74 Å². The first-order valence-corrected chi connectivity index (χ1v) is 6.53. The quantitative estimate of drug-likeness (QED) is 0.836. The Morgan fingerprint density at radius 3 is 2.50 bits per heavy atom. The Hall–Kier alpha value is -0.930. The van der Waals surface area contributed by atoms with Crippen LogP contribution in [0.4, 0.5) is 4.39 Å². The molecule has 3 heteroatoms. The lowest BCUT2D eigenvalue weighted by Crippen LogP contribution is -2.43. The van der Waals surface area contributed by atoms with E-state index in [0.29, 0.717) is 0 Å². The largest absolute Gasteiger partial charge is 0.377 e. The van der Waals surface area contributed by atoms with Crippen LogP contribution in [0.2, 0.25) is 0 Å². The molecule has 0 aliphatic rings. The number of halogens is 1. The third-order valence-electron chi connectivity index (χ3n) is 3.73. The third kappa shape index (κ3) is 3.09. The predicted octanol–water partition coefficient (Wildman–Crippen LogP) is 3.60. The fraction of sp³-hybridized carbons (Fsp3) is 0.600. The van der Waals surface area contributed by atoms with Gasteiger partial charge in [-0.05, 0) is 50.1 Å². The van der Waals surface area contributed by atoms with Crippen molar-refractivity contribution in [2.24, 2.45) is 0 Å². The van der Waals surface area contributed by atoms with Crippen LogP contribution in [0.1, 0.15) is 44.4 Å². The van der Waals surface area contributed by atoms with Gasteiger partial charge in [0, 0.05) is 7.11 Å². The Morgan fingerprint density at radius 2 is 2.06 bits per heavy atom. The van der Waals surface area contributed by atoms with Crippen molar-refractivity contribution in [3.05, 3.63) is 35.1 Å². The first kappa shape index (κ1) is 15.1. The number of aryl methyl sites for hydroxylation is 1. The van der Waals surface area contributed by atoms with E-state index in [9.17, 15) is 4.39 Å². The van der Waals surface area contributed by atoms with E-state index in [1.807, 2.05) is 13.0 Å². The van der Waals surface area contributed by atoms with Gasteiger partial charge in [0.25, 0.3) is 0 Å². The fourth-order valence-electron chi connectivity index (χ4n) is 2.29. The van der Waals surface area contributed by atoms with Crippen molar-refractivity contribution in [3.63, 3.8) is 0 Å². The number of ether oxygens (including phenoxy) is 1. The van der Waals surface area contributed by atoms with Crippen molar-refractivity contribution in [1.82, 2.24) is 5.32 Å². The van der Waals surface area contributed by atoms with E-state index in [0.717, 1.165) is 24.1 Å². The minimum absolute atomic E-state index is 0.0677. The van der Waals surface area contributed by atoms with Gasteiger partial charge in [-0.2, -0.15) is 0 Å². The van der Waals surface area contributed by atoms with Gasteiger partial charge < -0.3 is 10.1 Å². The van der Waals surface area contributed by atoms with Gasteiger partial charge >= 0.3 is 0 Å². The predicted molar refractivity (Wildman–Crippen MR) is 73.3 cm³/mol. The van der Waals surface area contributed by atoms with Crippen molar-refractivity contribution in [3.8, 4) is 0 Å². The summed E-state index contributed by atoms with van der Waals surface area (Å²) in [5.74, 6) is -0.192. The first-order chi connectivity index (χ1) is 8.48. The highest BCUT2D eigenvalue weighted by atomic mass is 19.1. The average molecular weight is 253 g/mol. The maximum Gasteiger partial charge on any atom is 0.123 e. The van der Waals surface area contributed by atoms with E-state index in [1.165, 1.54) is 6.07 Å². The second-order valence-corrected chi connectivity index (χ2v) is 4.86. The SMILES string of the molecule is CCNC(c1ccc(F)cc1C)C(C)(CC)OC. The van der Waals surface area contributed by atoms with Crippen LogP contribution in [-0.4, -0.2) is 19.3 Å². The van der Waals surface area contributed by atoms with Crippen LogP contribution in [0.25, 0.3) is 0 Å². The zero-order valence-electron chi connectivity index (χ0n) is 12.0. The highest BCUT2D eigenvalue weighted by Gasteiger charge is 2.34. The summed E-state index contributed by atoms with van der Waals surface area (Å²) < 4.78 is 18.9. The zero-order valence-corrected chi connectivity index (χ0v) is 12.0. The minimum Gasteiger partial charge on any atom is -0.377 e. The van der Waals surface area contributed by atoms with Crippen molar-refractivity contribution < 1.29 is 9.13 Å². The maximum atomic E-state index is 13.2. The molecule has 0 aliphatic carbocycles. The summed E-state index contributed by atoms with van der Waals surface area (Å²) in [4.78, 5) is 0. The van der Waals surface area contributed by atoms with Crippen LogP contribution >= 0.6 is 0 Å². The Bertz CT molecular complexity index is 388. The second kappa shape index (κ2) is 6.30. The molecule has 0 saturated heterocycles. The molecule has 102 valence electrons. The summed E-state index contributed by atoms with van der Waals surface area (Å²) in [5.41, 5.74) is 1.76. The molecule has 0 aliphatic heterocycles. The Kier molecular flexibility index (Phi) is 5.29. The summed E-state index contributed by atoms with van der Waals surface area (Å²) >= 11 is 0. The molecule has 0 saturated carbocycles. The highest BCUT2D eigenvalue weighted by Crippen LogP contribution is 2.33. The number of hydrogen-bond acceptors (Lipinski definition) is 2. The van der Waals surface area contributed by atoms with Crippen LogP contribution in [0.15, 0.2) is 18.2 Å². The van der Waals surface area contributed by atoms with Gasteiger partial charge in [-0.15, -0.1) is 0 Å². The molecule has 0 spiro atoms. The second-order valence-electron chi connectivity index (χ2n) is 4.86. The zero-order chi connectivity index (χ0) is 13.8. The minimum atomic E-state index is -0.293. The molecule has 2 unspecified atom stereocenters. The van der Waals surface area contributed by atoms with Gasteiger partial charge in [0.2, 0.25) is 0 Å². The number of nitrogens with one attached hydrogen (secondary N) is 1. The lowest BCUT2D eigenvalue weighted by Gasteiger charge is -2.37. The van der Waals surface area contributed by atoms with E-state index in [2.05, 4.69) is 26.1 Å². The summed E-state index contributed by atoms with van der Waals surface area (Å²) in [6.45, 7) is 9.04. The van der Waals surface area contributed by atoms with E-state index in [-0.39, 0.29) is 17.5 Å². The van der Waals surface area contributed by atoms with E-state index in [1.54, 1.807) is 13.2 Å². The molecular formula is C15H24FNO. The number of benzene rings is 1. The van der Waals surface area contributed by atoms with Gasteiger partial charge in [-0.1, -0.05) is 19.9 Å². The molecule has 1 aromatic carbocycles. The van der Waals surface area contributed by atoms with Gasteiger partial charge in [0.05, 0.1) is 11.6 Å². The molecule has 0 bridgehead atoms. The molecule has 2 nitrogen and oxygen atoms in total. The molecule has 1 aromatic rings. The van der Waals surface area contributed by atoms with Crippen molar-refractivity contribution in [2.45, 2.75) is 45.8 Å². The molecule has 1 N–H and O–H groups in total. The number of methoxy groups -OCH3 is 1. The fourth-order valence-corrected chi connectivity index (χ4v) is 2.29. The van der Waals surface area contributed by atoms with Gasteiger partial charge in [0.15, 0.2) is 0 Å². The first-order valence-electron chi connectivity index (χ1n) is 6.53. The molecule has 0 amide bonds. The van der Waals surface area contributed by atoms with Crippen LogP contribution in [-0.2, 0) is 4.74 Å². The Morgan fingerprint density at radius 1 is 1.39 bits per heavy atom. The molecule has 1 rings (SSSR count). The van der Waals surface area contributed by atoms with Crippen LogP contribution in [0, 0.1) is 12.7 Å². The van der Waals surface area contributed by atoms with Crippen molar-refractivity contribution in [1.29, 1.82) is 0 Å². The van der Waals surface area contributed by atoms with Crippen LogP contribution in [0.5, 0.6) is 0 Å². The monoisotopic (exact) mass is 253 g/mol. The van der Waals surface area contributed by atoms with Crippen molar-refractivity contribution in [2.75, 3.05) is 13.7 Å². The maximum absolute atomic E-state index is 13.2. The van der Waals surface area contributed by atoms with Gasteiger partial charge in [-0.25, -0.2) is 4.39 Å². The summed E-state index contributed by atoms with van der Waals surface area (Å²) in [6.07, 6.45) is 0.887. The van der Waals surface area contributed by atoms with Gasteiger partial charge in [0.1, 0.15) is 5.82 Å². The van der Waals surface area contributed by atoms with Crippen LogP contribution < -0.4 is 5.32 Å². The molecule has 18 heavy (non-hydrogen) atoms. The molecule has 0 radical (unpaired) electrons. The molecular weight excluding hydrogens is 229 g/mol. The smallest absolute Gasteiger partial charge is 0.123 e. The lowest BCUT2D eigenvalue weighted by atomic mass is 9.85. The summed E-state index contributed by atoms with van der Waals surface area (Å²) in [5, 5.41) is 3.45. The number of hydrogen-bond donors (Lipinski definition) is 1. The normalized spacial score (nSPS) is 16.3. The van der Waals surface area contributed by atoms with E-state index < -0.39 is 0 Å². The molecule has 0 fully saturated rings. The lowest BCUT2D eigenvalue weighted by molar-refractivity contribution is -0.0297. The number of rotatable bonds is 6. The molecule has 0 heterocycles. The third-order valence-corrected chi connectivity index (χ3v) is 3.73. The Balaban J connectivity index is 3.19. The van der Waals surface area contributed by atoms with Crippen molar-refractivity contribution >= 4 is 0 Å². The van der Waals surface area contributed by atoms with E-state index >= 15 is 0 Å². The van der Waals surface area contributed by atoms with Gasteiger partial charge in [-0.3, -0.25) is 0 Å².